The first-order valence-corrected chi connectivity index (χ1v) is 16.5. The molecule has 10 rings (SSSR count). The molecule has 0 aliphatic carbocycles. The van der Waals surface area contributed by atoms with Gasteiger partial charge in [0.05, 0.1) is 0 Å². The van der Waals surface area contributed by atoms with Crippen molar-refractivity contribution in [3.63, 3.8) is 0 Å². The van der Waals surface area contributed by atoms with Gasteiger partial charge >= 0.3 is 0 Å². The predicted molar refractivity (Wildman–Crippen MR) is 202 cm³/mol. The highest BCUT2D eigenvalue weighted by molar-refractivity contribution is 6.22. The van der Waals surface area contributed by atoms with E-state index in [0.717, 1.165) is 72.0 Å². The highest BCUT2D eigenvalue weighted by Crippen LogP contribution is 2.41. The molecule has 0 radical (unpaired) electrons. The van der Waals surface area contributed by atoms with Gasteiger partial charge in [-0.3, -0.25) is 0 Å². The molecule has 0 unspecified atom stereocenters. The lowest BCUT2D eigenvalue weighted by molar-refractivity contribution is 0.623. The summed E-state index contributed by atoms with van der Waals surface area (Å²) in [6.45, 7) is 0. The van der Waals surface area contributed by atoms with Crippen molar-refractivity contribution in [2.24, 2.45) is 0 Å². The minimum atomic E-state index is 0.604. The summed E-state index contributed by atoms with van der Waals surface area (Å²) in [5.41, 5.74) is 9.81. The summed E-state index contributed by atoms with van der Waals surface area (Å²) >= 11 is 0. The van der Waals surface area contributed by atoms with Crippen LogP contribution in [-0.2, 0) is 0 Å². The normalized spacial score (nSPS) is 11.7. The molecule has 0 spiro atoms. The standard InChI is InChI=1S/C45H28N2O2/c1-2-11-29(12-3-1)31-13-10-14-33(27-31)47(34-25-26-42-40(28-34)37-17-8-9-20-41(37)48-42)32-23-21-30(22-24-32)45-46-43-38-18-6-4-15-35(38)36-16-5-7-19-39(36)44(43)49-45/h1-28H. The van der Waals surface area contributed by atoms with Gasteiger partial charge < -0.3 is 13.7 Å². The van der Waals surface area contributed by atoms with Crippen LogP contribution in [0.5, 0.6) is 0 Å². The smallest absolute Gasteiger partial charge is 0.227 e. The van der Waals surface area contributed by atoms with Crippen LogP contribution in [0.15, 0.2) is 179 Å². The van der Waals surface area contributed by atoms with Crippen molar-refractivity contribution in [3.8, 4) is 22.6 Å². The van der Waals surface area contributed by atoms with E-state index < -0.39 is 0 Å². The summed E-state index contributed by atoms with van der Waals surface area (Å²) < 4.78 is 12.7. The number of rotatable bonds is 5. The molecule has 0 bridgehead atoms. The maximum absolute atomic E-state index is 6.55. The molecule has 4 heteroatoms. The Hall–Kier alpha value is -6.65. The van der Waals surface area contributed by atoms with Gasteiger partial charge in [-0.2, -0.15) is 0 Å². The van der Waals surface area contributed by atoms with E-state index in [1.165, 1.54) is 16.3 Å². The van der Waals surface area contributed by atoms with Gasteiger partial charge in [-0.25, -0.2) is 4.98 Å². The van der Waals surface area contributed by atoms with E-state index in [9.17, 15) is 0 Å². The second kappa shape index (κ2) is 11.0. The van der Waals surface area contributed by atoms with Crippen molar-refractivity contribution >= 4 is 71.6 Å². The van der Waals surface area contributed by atoms with Crippen molar-refractivity contribution in [1.29, 1.82) is 0 Å². The number of para-hydroxylation sites is 1. The number of hydrogen-bond acceptors (Lipinski definition) is 4. The molecule has 0 saturated heterocycles. The third kappa shape index (κ3) is 4.49. The average Bonchev–Trinajstić information content (AvgIpc) is 3.79. The van der Waals surface area contributed by atoms with Gasteiger partial charge in [0.25, 0.3) is 0 Å². The van der Waals surface area contributed by atoms with Crippen LogP contribution < -0.4 is 4.90 Å². The molecule has 2 aromatic heterocycles. The number of nitrogens with zero attached hydrogens (tertiary/aromatic N) is 2. The average molecular weight is 629 g/mol. The molecule has 49 heavy (non-hydrogen) atoms. The highest BCUT2D eigenvalue weighted by Gasteiger charge is 2.19. The molecule has 4 nitrogen and oxygen atoms in total. The molecule has 0 atom stereocenters. The Bertz CT molecular complexity index is 2760. The molecular formula is C45H28N2O2. The molecule has 0 saturated carbocycles. The molecule has 0 fully saturated rings. The molecular weight excluding hydrogens is 601 g/mol. The maximum Gasteiger partial charge on any atom is 0.227 e. The van der Waals surface area contributed by atoms with Gasteiger partial charge in [0, 0.05) is 44.2 Å². The number of benzene rings is 8. The van der Waals surface area contributed by atoms with Gasteiger partial charge in [0.2, 0.25) is 5.89 Å². The molecule has 230 valence electrons. The fourth-order valence-corrected chi connectivity index (χ4v) is 7.16. The van der Waals surface area contributed by atoms with Crippen molar-refractivity contribution in [2.75, 3.05) is 4.90 Å². The van der Waals surface area contributed by atoms with E-state index in [-0.39, 0.29) is 0 Å². The molecule has 0 amide bonds. The van der Waals surface area contributed by atoms with Crippen LogP contribution in [0.1, 0.15) is 0 Å². The monoisotopic (exact) mass is 628 g/mol. The van der Waals surface area contributed by atoms with E-state index in [4.69, 9.17) is 13.8 Å². The fraction of sp³-hybridized carbons (Fsp3) is 0. The topological polar surface area (TPSA) is 42.4 Å². The largest absolute Gasteiger partial charge is 0.456 e. The molecule has 0 aliphatic heterocycles. The van der Waals surface area contributed by atoms with Gasteiger partial charge in [-0.15, -0.1) is 0 Å². The lowest BCUT2D eigenvalue weighted by Gasteiger charge is -2.26. The van der Waals surface area contributed by atoms with Crippen molar-refractivity contribution < 1.29 is 8.83 Å². The molecule has 0 N–H and O–H groups in total. The Balaban J connectivity index is 1.12. The van der Waals surface area contributed by atoms with Gasteiger partial charge in [-0.1, -0.05) is 109 Å². The summed E-state index contributed by atoms with van der Waals surface area (Å²) in [7, 11) is 0. The third-order valence-electron chi connectivity index (χ3n) is 9.47. The first-order chi connectivity index (χ1) is 24.3. The van der Waals surface area contributed by atoms with Crippen LogP contribution in [0, 0.1) is 0 Å². The number of hydrogen-bond donors (Lipinski definition) is 0. The first-order valence-electron chi connectivity index (χ1n) is 16.5. The van der Waals surface area contributed by atoms with Gasteiger partial charge in [0.1, 0.15) is 16.7 Å². The number of furan rings is 1. The molecule has 2 heterocycles. The lowest BCUT2D eigenvalue weighted by atomic mass is 10.0. The summed E-state index contributed by atoms with van der Waals surface area (Å²) in [5.74, 6) is 0.604. The Morgan fingerprint density at radius 1 is 0.367 bits per heavy atom. The van der Waals surface area contributed by atoms with Crippen molar-refractivity contribution in [2.45, 2.75) is 0 Å². The second-order valence-electron chi connectivity index (χ2n) is 12.4. The summed E-state index contributed by atoms with van der Waals surface area (Å²) in [6.07, 6.45) is 0. The Labute approximate surface area is 282 Å². The van der Waals surface area contributed by atoms with Crippen LogP contribution in [0.25, 0.3) is 77.2 Å². The molecule has 0 aliphatic rings. The SMILES string of the molecule is c1ccc(-c2cccc(N(c3ccc(-c4nc5c6ccccc6c6ccccc6c5o4)cc3)c3ccc4oc5ccccc5c4c3)c2)cc1. The van der Waals surface area contributed by atoms with E-state index in [0.29, 0.717) is 5.89 Å². The third-order valence-corrected chi connectivity index (χ3v) is 9.47. The zero-order chi connectivity index (χ0) is 32.3. The number of fused-ring (bicyclic) bond motifs is 9. The Kier molecular flexibility index (Phi) is 6.15. The Morgan fingerprint density at radius 3 is 1.80 bits per heavy atom. The van der Waals surface area contributed by atoms with Crippen molar-refractivity contribution in [3.05, 3.63) is 170 Å². The number of anilines is 3. The quantitative estimate of drug-likeness (QED) is 0.178. The van der Waals surface area contributed by atoms with Crippen molar-refractivity contribution in [1.82, 2.24) is 4.98 Å². The minimum Gasteiger partial charge on any atom is -0.456 e. The Morgan fingerprint density at radius 2 is 0.980 bits per heavy atom. The fourth-order valence-electron chi connectivity index (χ4n) is 7.16. The van der Waals surface area contributed by atoms with Crippen LogP contribution in [0.3, 0.4) is 0 Å². The maximum atomic E-state index is 6.55. The molecule has 10 aromatic rings. The van der Waals surface area contributed by atoms with Crippen LogP contribution in [0.2, 0.25) is 0 Å². The summed E-state index contributed by atoms with van der Waals surface area (Å²) in [6, 6.07) is 59.1. The van der Waals surface area contributed by atoms with E-state index in [2.05, 4.69) is 157 Å². The summed E-state index contributed by atoms with van der Waals surface area (Å²) in [4.78, 5) is 7.36. The predicted octanol–water partition coefficient (Wildman–Crippen LogP) is 12.8. The van der Waals surface area contributed by atoms with E-state index >= 15 is 0 Å². The molecule has 8 aromatic carbocycles. The first kappa shape index (κ1) is 27.5. The van der Waals surface area contributed by atoms with E-state index in [1.807, 2.05) is 18.2 Å². The highest BCUT2D eigenvalue weighted by atomic mass is 16.3. The lowest BCUT2D eigenvalue weighted by Crippen LogP contribution is -2.10. The zero-order valence-corrected chi connectivity index (χ0v) is 26.4. The van der Waals surface area contributed by atoms with Gasteiger partial charge in [0.15, 0.2) is 5.58 Å². The summed E-state index contributed by atoms with van der Waals surface area (Å²) in [5, 5.41) is 6.69. The van der Waals surface area contributed by atoms with Crippen LogP contribution >= 0.6 is 0 Å². The number of oxazole rings is 1. The van der Waals surface area contributed by atoms with Gasteiger partial charge in [-0.05, 0) is 82.6 Å². The van der Waals surface area contributed by atoms with E-state index in [1.54, 1.807) is 0 Å². The zero-order valence-electron chi connectivity index (χ0n) is 26.4. The minimum absolute atomic E-state index is 0.604. The van der Waals surface area contributed by atoms with Crippen LogP contribution in [-0.4, -0.2) is 4.98 Å². The second-order valence-corrected chi connectivity index (χ2v) is 12.4. The van der Waals surface area contributed by atoms with Crippen LogP contribution in [0.4, 0.5) is 17.1 Å². The number of aromatic nitrogens is 1.